The van der Waals surface area contributed by atoms with E-state index in [0.717, 1.165) is 12.7 Å². The maximum absolute atomic E-state index is 11.0. The highest BCUT2D eigenvalue weighted by Gasteiger charge is 2.12. The van der Waals surface area contributed by atoms with Gasteiger partial charge < -0.3 is 4.79 Å². The number of rotatable bonds is 5. The molecule has 0 radical (unpaired) electrons. The lowest BCUT2D eigenvalue weighted by molar-refractivity contribution is -0.124. The third-order valence-electron chi connectivity index (χ3n) is 1.68. The van der Waals surface area contributed by atoms with Crippen molar-refractivity contribution in [3.05, 3.63) is 0 Å². The van der Waals surface area contributed by atoms with Crippen LogP contribution in [0, 0.1) is 5.92 Å². The molecule has 0 saturated carbocycles. The Kier molecular flexibility index (Phi) is 4.81. The van der Waals surface area contributed by atoms with Crippen LogP contribution in [0.3, 0.4) is 0 Å². The third kappa shape index (κ3) is 2.76. The van der Waals surface area contributed by atoms with E-state index < -0.39 is 0 Å². The van der Waals surface area contributed by atoms with Gasteiger partial charge in [0.05, 0.1) is 0 Å². The summed E-state index contributed by atoms with van der Waals surface area (Å²) in [6.07, 6.45) is 2.54. The van der Waals surface area contributed by atoms with Crippen LogP contribution in [-0.2, 0) is 9.59 Å². The molecule has 1 atom stereocenters. The predicted molar refractivity (Wildman–Crippen MR) is 39.8 cm³/mol. The first-order valence-corrected chi connectivity index (χ1v) is 3.72. The van der Waals surface area contributed by atoms with Crippen molar-refractivity contribution in [2.45, 2.75) is 33.1 Å². The lowest BCUT2D eigenvalue weighted by atomic mass is 9.96. The van der Waals surface area contributed by atoms with Crippen molar-refractivity contribution in [3.8, 4) is 0 Å². The highest BCUT2D eigenvalue weighted by molar-refractivity contribution is 5.82. The Morgan fingerprint density at radius 2 is 2.10 bits per heavy atom. The second-order valence-electron chi connectivity index (χ2n) is 2.33. The number of hydrogen-bond donors (Lipinski definition) is 0. The van der Waals surface area contributed by atoms with Crippen LogP contribution in [0.2, 0.25) is 0 Å². The van der Waals surface area contributed by atoms with Gasteiger partial charge in [-0.1, -0.05) is 13.8 Å². The third-order valence-corrected chi connectivity index (χ3v) is 1.68. The predicted octanol–water partition coefficient (Wildman–Crippen LogP) is 1.58. The van der Waals surface area contributed by atoms with Crippen LogP contribution < -0.4 is 0 Å². The molecule has 2 nitrogen and oxygen atoms in total. The van der Waals surface area contributed by atoms with E-state index in [9.17, 15) is 9.59 Å². The summed E-state index contributed by atoms with van der Waals surface area (Å²) in [5.41, 5.74) is 0. The Bertz CT molecular complexity index is 118. The van der Waals surface area contributed by atoms with E-state index in [0.29, 0.717) is 12.8 Å². The Morgan fingerprint density at radius 3 is 2.40 bits per heavy atom. The summed E-state index contributed by atoms with van der Waals surface area (Å²) in [5.74, 6) is 0.178. The second-order valence-corrected chi connectivity index (χ2v) is 2.33. The Morgan fingerprint density at radius 1 is 1.50 bits per heavy atom. The maximum Gasteiger partial charge on any atom is 0.136 e. The first-order chi connectivity index (χ1) is 4.76. The van der Waals surface area contributed by atoms with Gasteiger partial charge in [-0.25, -0.2) is 0 Å². The smallest absolute Gasteiger partial charge is 0.136 e. The van der Waals surface area contributed by atoms with Crippen LogP contribution in [-0.4, -0.2) is 12.1 Å². The first-order valence-electron chi connectivity index (χ1n) is 3.72. The van der Waals surface area contributed by atoms with E-state index in [2.05, 4.69) is 0 Å². The molecule has 1 unspecified atom stereocenters. The molecule has 0 aliphatic rings. The van der Waals surface area contributed by atoms with E-state index in [-0.39, 0.29) is 11.7 Å². The van der Waals surface area contributed by atoms with Crippen molar-refractivity contribution >= 4 is 12.1 Å². The molecule has 0 aliphatic carbocycles. The number of carbonyl (C=O) groups excluding carboxylic acids is 2. The molecule has 58 valence electrons. The molecule has 2 heteroatoms. The summed E-state index contributed by atoms with van der Waals surface area (Å²) in [6.45, 7) is 3.76. The van der Waals surface area contributed by atoms with Crippen LogP contribution in [0.1, 0.15) is 33.1 Å². The Hall–Kier alpha value is -0.660. The molecule has 0 fully saturated rings. The van der Waals surface area contributed by atoms with E-state index in [1.165, 1.54) is 0 Å². The molecule has 0 bridgehead atoms. The van der Waals surface area contributed by atoms with E-state index in [1.807, 2.05) is 13.8 Å². The van der Waals surface area contributed by atoms with Crippen molar-refractivity contribution in [2.75, 3.05) is 0 Å². The molecule has 0 aromatic rings. The summed E-state index contributed by atoms with van der Waals surface area (Å²) >= 11 is 0. The molecule has 0 aliphatic heterocycles. The minimum absolute atomic E-state index is 0.0255. The van der Waals surface area contributed by atoms with E-state index in [4.69, 9.17) is 0 Å². The van der Waals surface area contributed by atoms with Gasteiger partial charge in [-0.05, 0) is 6.42 Å². The number of Topliss-reactive ketones (excluding diaryl/α,β-unsaturated/α-hetero) is 1. The maximum atomic E-state index is 11.0. The van der Waals surface area contributed by atoms with Crippen molar-refractivity contribution in [3.63, 3.8) is 0 Å². The fourth-order valence-corrected chi connectivity index (χ4v) is 0.931. The van der Waals surface area contributed by atoms with E-state index >= 15 is 0 Å². The topological polar surface area (TPSA) is 34.1 Å². The van der Waals surface area contributed by atoms with E-state index in [1.54, 1.807) is 0 Å². The molecular formula is C8H14O2. The molecule has 0 N–H and O–H groups in total. The van der Waals surface area contributed by atoms with Crippen molar-refractivity contribution in [2.24, 2.45) is 5.92 Å². The van der Waals surface area contributed by atoms with Crippen LogP contribution in [0.4, 0.5) is 0 Å². The fraction of sp³-hybridized carbons (Fsp3) is 0.750. The Labute approximate surface area is 61.6 Å². The molecule has 0 heterocycles. The minimum Gasteiger partial charge on any atom is -0.303 e. The zero-order valence-electron chi connectivity index (χ0n) is 6.59. The van der Waals surface area contributed by atoms with Crippen LogP contribution >= 0.6 is 0 Å². The number of carbonyl (C=O) groups is 2. The van der Waals surface area contributed by atoms with Gasteiger partial charge in [0.25, 0.3) is 0 Å². The summed E-state index contributed by atoms with van der Waals surface area (Å²) in [6, 6.07) is 0. The van der Waals surface area contributed by atoms with Gasteiger partial charge >= 0.3 is 0 Å². The van der Waals surface area contributed by atoms with Gasteiger partial charge in [0.15, 0.2) is 0 Å². The summed E-state index contributed by atoms with van der Waals surface area (Å²) < 4.78 is 0. The zero-order valence-corrected chi connectivity index (χ0v) is 6.59. The van der Waals surface area contributed by atoms with Crippen LogP contribution in [0.15, 0.2) is 0 Å². The van der Waals surface area contributed by atoms with Crippen molar-refractivity contribution in [1.29, 1.82) is 0 Å². The minimum atomic E-state index is -0.0255. The normalized spacial score (nSPS) is 12.6. The summed E-state index contributed by atoms with van der Waals surface area (Å²) in [4.78, 5) is 21.0. The number of ketones is 1. The average Bonchev–Trinajstić information content (AvgIpc) is 1.99. The lowest BCUT2D eigenvalue weighted by Gasteiger charge is -2.06. The SMILES string of the molecule is CCC(=O)C(CC)CC=O. The first kappa shape index (κ1) is 9.34. The summed E-state index contributed by atoms with van der Waals surface area (Å²) in [7, 11) is 0. The number of hydrogen-bond acceptors (Lipinski definition) is 2. The molecular weight excluding hydrogens is 128 g/mol. The molecule has 0 spiro atoms. The quantitative estimate of drug-likeness (QED) is 0.546. The van der Waals surface area contributed by atoms with Gasteiger partial charge in [-0.3, -0.25) is 4.79 Å². The standard InChI is InChI=1S/C8H14O2/c1-3-7(5-6-9)8(10)4-2/h6-7H,3-5H2,1-2H3. The highest BCUT2D eigenvalue weighted by atomic mass is 16.1. The summed E-state index contributed by atoms with van der Waals surface area (Å²) in [5, 5.41) is 0. The molecule has 10 heavy (non-hydrogen) atoms. The largest absolute Gasteiger partial charge is 0.303 e. The van der Waals surface area contributed by atoms with Crippen LogP contribution in [0.25, 0.3) is 0 Å². The van der Waals surface area contributed by atoms with Gasteiger partial charge in [0.1, 0.15) is 12.1 Å². The lowest BCUT2D eigenvalue weighted by Crippen LogP contribution is -2.12. The zero-order chi connectivity index (χ0) is 7.98. The second kappa shape index (κ2) is 5.15. The van der Waals surface area contributed by atoms with Crippen molar-refractivity contribution in [1.82, 2.24) is 0 Å². The Balaban J connectivity index is 3.79. The van der Waals surface area contributed by atoms with Gasteiger partial charge in [0.2, 0.25) is 0 Å². The highest BCUT2D eigenvalue weighted by Crippen LogP contribution is 2.09. The molecule has 0 rings (SSSR count). The molecule has 0 aromatic heterocycles. The number of aldehydes is 1. The van der Waals surface area contributed by atoms with Gasteiger partial charge in [0, 0.05) is 18.8 Å². The molecule has 0 aromatic carbocycles. The average molecular weight is 142 g/mol. The van der Waals surface area contributed by atoms with Gasteiger partial charge in [-0.15, -0.1) is 0 Å². The molecule has 0 saturated heterocycles. The fourth-order valence-electron chi connectivity index (χ4n) is 0.931. The van der Waals surface area contributed by atoms with Crippen molar-refractivity contribution < 1.29 is 9.59 Å². The molecule has 0 amide bonds. The van der Waals surface area contributed by atoms with Crippen LogP contribution in [0.5, 0.6) is 0 Å². The monoisotopic (exact) mass is 142 g/mol. The van der Waals surface area contributed by atoms with Gasteiger partial charge in [-0.2, -0.15) is 0 Å².